The Morgan fingerprint density at radius 3 is 1.67 bits per heavy atom. The van der Waals surface area contributed by atoms with Crippen molar-refractivity contribution in [3.63, 3.8) is 0 Å². The molecule has 0 aliphatic rings. The molecule has 0 spiro atoms. The predicted octanol–water partition coefficient (Wildman–Crippen LogP) is 5.58. The maximum atomic E-state index is 5.83. The lowest BCUT2D eigenvalue weighted by Gasteiger charge is -2.09. The van der Waals surface area contributed by atoms with Crippen LogP contribution >= 0.6 is 0 Å². The first kappa shape index (κ1) is 13.3. The van der Waals surface area contributed by atoms with Crippen molar-refractivity contribution in [2.45, 2.75) is 6.92 Å². The summed E-state index contributed by atoms with van der Waals surface area (Å²) in [5, 5.41) is 0. The summed E-state index contributed by atoms with van der Waals surface area (Å²) < 4.78 is 11.6. The molecule has 0 fully saturated rings. The Hall–Kier alpha value is -2.74. The second-order valence-electron chi connectivity index (χ2n) is 4.81. The first-order chi connectivity index (χ1) is 10.3. The van der Waals surface area contributed by atoms with E-state index in [2.05, 4.69) is 6.92 Å². The van der Waals surface area contributed by atoms with Gasteiger partial charge in [-0.25, -0.2) is 0 Å². The van der Waals surface area contributed by atoms with Crippen molar-refractivity contribution in [3.05, 3.63) is 84.4 Å². The lowest BCUT2D eigenvalue weighted by atomic mass is 10.2. The molecule has 0 aliphatic carbocycles. The highest BCUT2D eigenvalue weighted by molar-refractivity contribution is 5.39. The molecule has 0 saturated heterocycles. The zero-order valence-corrected chi connectivity index (χ0v) is 11.8. The number of para-hydroxylation sites is 1. The Morgan fingerprint density at radius 2 is 1.05 bits per heavy atom. The molecule has 2 nitrogen and oxygen atoms in total. The molecule has 3 rings (SSSR count). The summed E-state index contributed by atoms with van der Waals surface area (Å²) in [5.74, 6) is 3.14. The fourth-order valence-corrected chi connectivity index (χ4v) is 1.97. The molecule has 2 heteroatoms. The van der Waals surface area contributed by atoms with Gasteiger partial charge < -0.3 is 9.47 Å². The van der Waals surface area contributed by atoms with Gasteiger partial charge in [0.15, 0.2) is 0 Å². The average molecular weight is 276 g/mol. The van der Waals surface area contributed by atoms with Crippen molar-refractivity contribution in [2.24, 2.45) is 0 Å². The summed E-state index contributed by atoms with van der Waals surface area (Å²) in [5.41, 5.74) is 1.21. The third kappa shape index (κ3) is 3.63. The van der Waals surface area contributed by atoms with Crippen LogP contribution in [0.1, 0.15) is 5.56 Å². The van der Waals surface area contributed by atoms with Gasteiger partial charge in [0.05, 0.1) is 0 Å². The normalized spacial score (nSPS) is 10.1. The topological polar surface area (TPSA) is 18.5 Å². The number of aryl methyl sites for hydroxylation is 1. The van der Waals surface area contributed by atoms with Crippen molar-refractivity contribution in [1.82, 2.24) is 0 Å². The molecule has 0 saturated carbocycles. The van der Waals surface area contributed by atoms with E-state index in [0.29, 0.717) is 0 Å². The maximum Gasteiger partial charge on any atom is 0.131 e. The van der Waals surface area contributed by atoms with Crippen LogP contribution in [0.3, 0.4) is 0 Å². The van der Waals surface area contributed by atoms with Crippen LogP contribution in [-0.2, 0) is 0 Å². The van der Waals surface area contributed by atoms with Crippen molar-refractivity contribution in [2.75, 3.05) is 0 Å². The summed E-state index contributed by atoms with van der Waals surface area (Å²) in [6, 6.07) is 25.3. The van der Waals surface area contributed by atoms with Gasteiger partial charge in [0.2, 0.25) is 0 Å². The summed E-state index contributed by atoms with van der Waals surface area (Å²) in [6.45, 7) is 2.05. The first-order valence-corrected chi connectivity index (χ1v) is 6.87. The second kappa shape index (κ2) is 6.14. The van der Waals surface area contributed by atoms with E-state index in [1.807, 2.05) is 78.9 Å². The molecule has 0 N–H and O–H groups in total. The van der Waals surface area contributed by atoms with Crippen LogP contribution in [0, 0.1) is 6.92 Å². The quantitative estimate of drug-likeness (QED) is 0.619. The van der Waals surface area contributed by atoms with Gasteiger partial charge >= 0.3 is 0 Å². The first-order valence-electron chi connectivity index (χ1n) is 6.87. The van der Waals surface area contributed by atoms with Gasteiger partial charge in [-0.05, 0) is 43.3 Å². The van der Waals surface area contributed by atoms with Crippen LogP contribution in [0.4, 0.5) is 0 Å². The van der Waals surface area contributed by atoms with Crippen LogP contribution < -0.4 is 9.47 Å². The molecule has 0 unspecified atom stereocenters. The Kier molecular flexibility index (Phi) is 3.88. The van der Waals surface area contributed by atoms with E-state index in [1.54, 1.807) is 0 Å². The molecule has 0 atom stereocenters. The van der Waals surface area contributed by atoms with E-state index in [0.717, 1.165) is 23.0 Å². The van der Waals surface area contributed by atoms with Gasteiger partial charge in [0.1, 0.15) is 23.0 Å². The van der Waals surface area contributed by atoms with Crippen molar-refractivity contribution in [1.29, 1.82) is 0 Å². The number of ether oxygens (including phenoxy) is 2. The molecule has 104 valence electrons. The number of benzene rings is 3. The minimum Gasteiger partial charge on any atom is -0.457 e. The van der Waals surface area contributed by atoms with E-state index < -0.39 is 0 Å². The van der Waals surface area contributed by atoms with Crippen LogP contribution in [0.5, 0.6) is 23.0 Å². The number of hydrogen-bond acceptors (Lipinski definition) is 2. The SMILES string of the molecule is Cc1ccc(Oc2cccc(Oc3ccccc3)c2)cc1. The van der Waals surface area contributed by atoms with Crippen molar-refractivity contribution < 1.29 is 9.47 Å². The fraction of sp³-hybridized carbons (Fsp3) is 0.0526. The highest BCUT2D eigenvalue weighted by atomic mass is 16.5. The molecular weight excluding hydrogens is 260 g/mol. The average Bonchev–Trinajstić information content (AvgIpc) is 2.51. The zero-order valence-electron chi connectivity index (χ0n) is 11.8. The predicted molar refractivity (Wildman–Crippen MR) is 84.2 cm³/mol. The molecule has 0 aliphatic heterocycles. The van der Waals surface area contributed by atoms with E-state index >= 15 is 0 Å². The maximum absolute atomic E-state index is 5.83. The van der Waals surface area contributed by atoms with Crippen LogP contribution in [0.25, 0.3) is 0 Å². The van der Waals surface area contributed by atoms with Crippen LogP contribution in [0.15, 0.2) is 78.9 Å². The van der Waals surface area contributed by atoms with Gasteiger partial charge in [-0.1, -0.05) is 42.0 Å². The largest absolute Gasteiger partial charge is 0.457 e. The second-order valence-corrected chi connectivity index (χ2v) is 4.81. The molecular formula is C19H16O2. The lowest BCUT2D eigenvalue weighted by molar-refractivity contribution is 0.460. The number of rotatable bonds is 4. The molecule has 0 heterocycles. The van der Waals surface area contributed by atoms with Crippen LogP contribution in [-0.4, -0.2) is 0 Å². The van der Waals surface area contributed by atoms with E-state index in [9.17, 15) is 0 Å². The molecule has 3 aromatic carbocycles. The summed E-state index contributed by atoms with van der Waals surface area (Å²) in [7, 11) is 0. The molecule has 21 heavy (non-hydrogen) atoms. The van der Waals surface area contributed by atoms with Gasteiger partial charge in [-0.2, -0.15) is 0 Å². The van der Waals surface area contributed by atoms with E-state index in [4.69, 9.17) is 9.47 Å². The van der Waals surface area contributed by atoms with Gasteiger partial charge in [0.25, 0.3) is 0 Å². The minimum atomic E-state index is 0.755. The Morgan fingerprint density at radius 1 is 0.524 bits per heavy atom. The zero-order chi connectivity index (χ0) is 14.5. The highest BCUT2D eigenvalue weighted by Crippen LogP contribution is 2.28. The summed E-state index contributed by atoms with van der Waals surface area (Å²) in [4.78, 5) is 0. The van der Waals surface area contributed by atoms with E-state index in [1.165, 1.54) is 5.56 Å². The molecule has 0 bridgehead atoms. The third-order valence-electron chi connectivity index (χ3n) is 3.04. The minimum absolute atomic E-state index is 0.755. The van der Waals surface area contributed by atoms with Gasteiger partial charge in [0, 0.05) is 6.07 Å². The van der Waals surface area contributed by atoms with Gasteiger partial charge in [-0.15, -0.1) is 0 Å². The Labute approximate surface area is 124 Å². The summed E-state index contributed by atoms with van der Waals surface area (Å²) >= 11 is 0. The standard InChI is InChI=1S/C19H16O2/c1-15-10-12-17(13-11-15)21-19-9-5-8-18(14-19)20-16-6-3-2-4-7-16/h2-14H,1H3. The van der Waals surface area contributed by atoms with Crippen molar-refractivity contribution >= 4 is 0 Å². The van der Waals surface area contributed by atoms with Gasteiger partial charge in [-0.3, -0.25) is 0 Å². The molecule has 0 radical (unpaired) electrons. The third-order valence-corrected chi connectivity index (χ3v) is 3.04. The Balaban J connectivity index is 1.75. The van der Waals surface area contributed by atoms with E-state index in [-0.39, 0.29) is 0 Å². The monoisotopic (exact) mass is 276 g/mol. The van der Waals surface area contributed by atoms with Crippen molar-refractivity contribution in [3.8, 4) is 23.0 Å². The number of hydrogen-bond donors (Lipinski definition) is 0. The molecule has 3 aromatic rings. The summed E-state index contributed by atoms with van der Waals surface area (Å²) in [6.07, 6.45) is 0. The molecule has 0 aromatic heterocycles. The Bertz CT molecular complexity index is 703. The fourth-order valence-electron chi connectivity index (χ4n) is 1.97. The highest BCUT2D eigenvalue weighted by Gasteiger charge is 2.01. The smallest absolute Gasteiger partial charge is 0.131 e. The lowest BCUT2D eigenvalue weighted by Crippen LogP contribution is -1.87. The van der Waals surface area contributed by atoms with Crippen LogP contribution in [0.2, 0.25) is 0 Å². The molecule has 0 amide bonds.